The number of hydrogen-bond acceptors (Lipinski definition) is 3. The van der Waals surface area contributed by atoms with Crippen LogP contribution >= 0.6 is 0 Å². The van der Waals surface area contributed by atoms with E-state index in [1.165, 1.54) is 25.9 Å². The molecule has 2 aliphatic rings. The van der Waals surface area contributed by atoms with Crippen LogP contribution in [0.2, 0.25) is 0 Å². The molecule has 0 saturated carbocycles. The van der Waals surface area contributed by atoms with Crippen LogP contribution in [0.3, 0.4) is 0 Å². The molecule has 0 aromatic rings. The maximum atomic E-state index is 10.9. The summed E-state index contributed by atoms with van der Waals surface area (Å²) in [6, 6.07) is 0. The molecule has 96 valence electrons. The van der Waals surface area contributed by atoms with E-state index in [-0.39, 0.29) is 69.1 Å². The largest absolute Gasteiger partial charge is 1.00 e. The van der Waals surface area contributed by atoms with Crippen LogP contribution in [0.1, 0.15) is 46.5 Å². The SMILES string of the molecule is COC(C)(C)C.[K+].[O-]CC12CCCN1CCC2. The number of methoxy groups -OCH3 is 1. The molecule has 0 unspecified atom stereocenters. The standard InChI is InChI=1S/C8H14NO.C5H12O.K/c10-7-8-3-1-5-9(8)6-2-4-8;1-5(2,3)6-4;/h1-7H2;1-4H3;/q-1;;+1. The fourth-order valence-electron chi connectivity index (χ4n) is 2.46. The first-order valence-corrected chi connectivity index (χ1v) is 6.32. The summed E-state index contributed by atoms with van der Waals surface area (Å²) in [6.45, 7) is 8.56. The van der Waals surface area contributed by atoms with Crippen LogP contribution in [-0.4, -0.2) is 42.8 Å². The topological polar surface area (TPSA) is 35.5 Å². The van der Waals surface area contributed by atoms with Gasteiger partial charge in [-0.15, -0.1) is 6.61 Å². The summed E-state index contributed by atoms with van der Waals surface area (Å²) in [7, 11) is 1.71. The Bertz CT molecular complexity index is 206. The van der Waals surface area contributed by atoms with Crippen molar-refractivity contribution in [3.63, 3.8) is 0 Å². The van der Waals surface area contributed by atoms with Crippen molar-refractivity contribution in [2.45, 2.75) is 57.6 Å². The van der Waals surface area contributed by atoms with E-state index in [9.17, 15) is 5.11 Å². The summed E-state index contributed by atoms with van der Waals surface area (Å²) < 4.78 is 4.94. The third-order valence-electron chi connectivity index (χ3n) is 3.69. The summed E-state index contributed by atoms with van der Waals surface area (Å²) in [5.74, 6) is 0. The van der Waals surface area contributed by atoms with Crippen LogP contribution in [0.4, 0.5) is 0 Å². The minimum atomic E-state index is 0. The molecule has 0 amide bonds. The van der Waals surface area contributed by atoms with Gasteiger partial charge in [-0.3, -0.25) is 4.90 Å². The zero-order valence-electron chi connectivity index (χ0n) is 12.2. The number of hydrogen-bond donors (Lipinski definition) is 0. The van der Waals surface area contributed by atoms with Gasteiger partial charge in [0.05, 0.1) is 5.60 Å². The molecule has 3 nitrogen and oxygen atoms in total. The molecule has 2 aliphatic heterocycles. The number of nitrogens with zero attached hydrogens (tertiary/aromatic N) is 1. The second kappa shape index (κ2) is 7.95. The third kappa shape index (κ3) is 5.57. The maximum absolute atomic E-state index is 10.9. The van der Waals surface area contributed by atoms with Gasteiger partial charge < -0.3 is 9.84 Å². The summed E-state index contributed by atoms with van der Waals surface area (Å²) in [4.78, 5) is 2.40. The van der Waals surface area contributed by atoms with Crippen LogP contribution < -0.4 is 56.5 Å². The van der Waals surface area contributed by atoms with E-state index in [2.05, 4.69) is 4.90 Å². The van der Waals surface area contributed by atoms with Gasteiger partial charge in [0.1, 0.15) is 0 Å². The molecule has 4 heteroatoms. The Morgan fingerprint density at radius 3 is 1.82 bits per heavy atom. The predicted molar refractivity (Wildman–Crippen MR) is 64.4 cm³/mol. The summed E-state index contributed by atoms with van der Waals surface area (Å²) >= 11 is 0. The Hall–Kier alpha value is 1.52. The number of ether oxygens (including phenoxy) is 1. The van der Waals surface area contributed by atoms with E-state index in [1.807, 2.05) is 20.8 Å². The monoisotopic (exact) mass is 267 g/mol. The molecule has 2 heterocycles. The van der Waals surface area contributed by atoms with Crippen molar-refractivity contribution < 1.29 is 61.2 Å². The minimum absolute atomic E-state index is 0. The van der Waals surface area contributed by atoms with Crippen LogP contribution in [0.25, 0.3) is 0 Å². The normalized spacial score (nSPS) is 22.4. The van der Waals surface area contributed by atoms with Gasteiger partial charge in [-0.05, 0) is 59.5 Å². The smallest absolute Gasteiger partial charge is 0.853 e. The summed E-state index contributed by atoms with van der Waals surface area (Å²) in [5.41, 5.74) is 0.167. The van der Waals surface area contributed by atoms with E-state index in [1.54, 1.807) is 7.11 Å². The van der Waals surface area contributed by atoms with Crippen LogP contribution in [0.15, 0.2) is 0 Å². The average Bonchev–Trinajstić information content (AvgIpc) is 2.75. The second-order valence-electron chi connectivity index (χ2n) is 5.88. The first-order valence-electron chi connectivity index (χ1n) is 6.32. The summed E-state index contributed by atoms with van der Waals surface area (Å²) in [5, 5.41) is 10.9. The minimum Gasteiger partial charge on any atom is -0.853 e. The molecule has 0 N–H and O–H groups in total. The Morgan fingerprint density at radius 2 is 1.59 bits per heavy atom. The van der Waals surface area contributed by atoms with Gasteiger partial charge in [0, 0.05) is 12.6 Å². The Balaban J connectivity index is 0.000000324. The Morgan fingerprint density at radius 1 is 1.18 bits per heavy atom. The Labute approximate surface area is 149 Å². The van der Waals surface area contributed by atoms with Gasteiger partial charge in [-0.25, -0.2) is 0 Å². The molecule has 2 saturated heterocycles. The molecule has 0 bridgehead atoms. The quantitative estimate of drug-likeness (QED) is 0.538. The first-order chi connectivity index (χ1) is 7.43. The molecular weight excluding hydrogens is 241 g/mol. The maximum Gasteiger partial charge on any atom is 1.00 e. The molecule has 0 spiro atoms. The molecule has 0 radical (unpaired) electrons. The fraction of sp³-hybridized carbons (Fsp3) is 1.00. The van der Waals surface area contributed by atoms with E-state index < -0.39 is 0 Å². The van der Waals surface area contributed by atoms with Gasteiger partial charge >= 0.3 is 51.4 Å². The van der Waals surface area contributed by atoms with Crippen molar-refractivity contribution in [3.05, 3.63) is 0 Å². The molecule has 17 heavy (non-hydrogen) atoms. The fourth-order valence-corrected chi connectivity index (χ4v) is 2.46. The van der Waals surface area contributed by atoms with E-state index in [0.717, 1.165) is 12.8 Å². The van der Waals surface area contributed by atoms with Crippen molar-refractivity contribution in [3.8, 4) is 0 Å². The number of fused-ring (bicyclic) bond motifs is 1. The Kier molecular flexibility index (Phi) is 8.66. The first kappa shape index (κ1) is 18.5. The number of rotatable bonds is 1. The molecule has 0 aromatic heterocycles. The summed E-state index contributed by atoms with van der Waals surface area (Å²) in [6.07, 6.45) is 4.83. The van der Waals surface area contributed by atoms with E-state index in [0.29, 0.717) is 0 Å². The molecule has 2 fully saturated rings. The molecule has 2 rings (SSSR count). The van der Waals surface area contributed by atoms with Crippen molar-refractivity contribution in [1.29, 1.82) is 0 Å². The van der Waals surface area contributed by atoms with Crippen LogP contribution in [0, 0.1) is 0 Å². The second-order valence-corrected chi connectivity index (χ2v) is 5.88. The van der Waals surface area contributed by atoms with Gasteiger partial charge in [-0.1, -0.05) is 0 Å². The van der Waals surface area contributed by atoms with Crippen molar-refractivity contribution in [1.82, 2.24) is 4.90 Å². The predicted octanol–water partition coefficient (Wildman–Crippen LogP) is -1.59. The average molecular weight is 267 g/mol. The molecule has 0 atom stereocenters. The van der Waals surface area contributed by atoms with Gasteiger partial charge in [0.25, 0.3) is 0 Å². The molecular formula is C13H26KNO2. The van der Waals surface area contributed by atoms with E-state index >= 15 is 0 Å². The van der Waals surface area contributed by atoms with Gasteiger partial charge in [0.2, 0.25) is 0 Å². The van der Waals surface area contributed by atoms with Gasteiger partial charge in [-0.2, -0.15) is 0 Å². The third-order valence-corrected chi connectivity index (χ3v) is 3.69. The van der Waals surface area contributed by atoms with Gasteiger partial charge in [0.15, 0.2) is 0 Å². The van der Waals surface area contributed by atoms with Crippen LogP contribution in [-0.2, 0) is 4.74 Å². The zero-order chi connectivity index (χ0) is 12.2. The van der Waals surface area contributed by atoms with Crippen molar-refractivity contribution in [2.24, 2.45) is 0 Å². The molecule has 0 aromatic carbocycles. The zero-order valence-corrected chi connectivity index (χ0v) is 15.3. The van der Waals surface area contributed by atoms with E-state index in [4.69, 9.17) is 4.74 Å². The molecule has 0 aliphatic carbocycles. The van der Waals surface area contributed by atoms with Crippen LogP contribution in [0.5, 0.6) is 0 Å². The van der Waals surface area contributed by atoms with Crippen molar-refractivity contribution in [2.75, 3.05) is 26.8 Å². The van der Waals surface area contributed by atoms with Crippen molar-refractivity contribution >= 4 is 0 Å².